The number of nitrogens with zero attached hydrogens (tertiary/aromatic N) is 2. The van der Waals surface area contributed by atoms with Crippen LogP contribution in [-0.4, -0.2) is 15.0 Å². The molecule has 1 fully saturated rings. The van der Waals surface area contributed by atoms with E-state index in [0.717, 1.165) is 42.4 Å². The largest absolute Gasteiger partial charge is 0.310 e. The first-order valence-electron chi connectivity index (χ1n) is 10.7. The van der Waals surface area contributed by atoms with E-state index in [1.807, 2.05) is 12.3 Å². The molecule has 1 N–H and O–H groups in total. The van der Waals surface area contributed by atoms with E-state index in [-0.39, 0.29) is 17.3 Å². The highest BCUT2D eigenvalue weighted by Gasteiger charge is 2.29. The van der Waals surface area contributed by atoms with Gasteiger partial charge in [0, 0.05) is 22.5 Å². The van der Waals surface area contributed by atoms with Gasteiger partial charge in [0.1, 0.15) is 11.6 Å². The van der Waals surface area contributed by atoms with Crippen molar-refractivity contribution in [1.82, 2.24) is 15.0 Å². The zero-order valence-electron chi connectivity index (χ0n) is 17.2. The number of halogens is 2. The van der Waals surface area contributed by atoms with Crippen molar-refractivity contribution >= 4 is 33.4 Å². The van der Waals surface area contributed by atoms with Gasteiger partial charge in [-0.25, -0.2) is 9.37 Å². The van der Waals surface area contributed by atoms with E-state index in [0.29, 0.717) is 27.8 Å². The fraction of sp³-hybridized carbons (Fsp3) is 0.320. The van der Waals surface area contributed by atoms with Crippen molar-refractivity contribution in [2.24, 2.45) is 5.92 Å². The Labute approximate surface area is 184 Å². The molecule has 0 aliphatic heterocycles. The van der Waals surface area contributed by atoms with Gasteiger partial charge in [-0.1, -0.05) is 18.5 Å². The van der Waals surface area contributed by atoms with Crippen LogP contribution in [0.4, 0.5) is 4.39 Å². The highest BCUT2D eigenvalue weighted by Crippen LogP contribution is 2.42. The van der Waals surface area contributed by atoms with Gasteiger partial charge in [-0.2, -0.15) is 0 Å². The molecular formula is C25H23ClFN3O. The van der Waals surface area contributed by atoms with Crippen LogP contribution in [0.5, 0.6) is 0 Å². The van der Waals surface area contributed by atoms with Crippen molar-refractivity contribution in [3.05, 3.63) is 81.2 Å². The van der Waals surface area contributed by atoms with Crippen LogP contribution in [0.1, 0.15) is 55.8 Å². The van der Waals surface area contributed by atoms with E-state index < -0.39 is 0 Å². The molecule has 1 atom stereocenters. The van der Waals surface area contributed by atoms with Crippen LogP contribution in [-0.2, 0) is 0 Å². The first kappa shape index (κ1) is 20.1. The molecule has 4 nitrogen and oxygen atoms in total. The molecule has 0 unspecified atom stereocenters. The minimum absolute atomic E-state index is 0.145. The first-order chi connectivity index (χ1) is 15.0. The van der Waals surface area contributed by atoms with Gasteiger partial charge in [-0.3, -0.25) is 9.78 Å². The van der Waals surface area contributed by atoms with Gasteiger partial charge >= 0.3 is 0 Å². The molecule has 0 bridgehead atoms. The first-order valence-corrected chi connectivity index (χ1v) is 11.1. The summed E-state index contributed by atoms with van der Waals surface area (Å²) in [5, 5.41) is 1.96. The van der Waals surface area contributed by atoms with E-state index >= 15 is 0 Å². The highest BCUT2D eigenvalue weighted by molar-refractivity contribution is 6.31. The molecule has 5 rings (SSSR count). The zero-order valence-corrected chi connectivity index (χ0v) is 18.0. The second-order valence-electron chi connectivity index (χ2n) is 8.57. The average molecular weight is 436 g/mol. The minimum Gasteiger partial charge on any atom is -0.310 e. The van der Waals surface area contributed by atoms with Gasteiger partial charge in [0.05, 0.1) is 16.4 Å². The van der Waals surface area contributed by atoms with E-state index in [9.17, 15) is 9.18 Å². The molecule has 0 amide bonds. The third-order valence-corrected chi connectivity index (χ3v) is 7.01. The number of nitrogens with one attached hydrogen (secondary N) is 1. The summed E-state index contributed by atoms with van der Waals surface area (Å²) < 4.78 is 13.8. The topological polar surface area (TPSA) is 58.6 Å². The van der Waals surface area contributed by atoms with Crippen molar-refractivity contribution in [3.8, 4) is 0 Å². The molecule has 2 aromatic heterocycles. The fourth-order valence-electron chi connectivity index (χ4n) is 4.99. The van der Waals surface area contributed by atoms with E-state index in [1.54, 1.807) is 30.3 Å². The maximum atomic E-state index is 13.8. The lowest BCUT2D eigenvalue weighted by Crippen LogP contribution is -2.22. The summed E-state index contributed by atoms with van der Waals surface area (Å²) in [6, 6.07) is 12.1. The quantitative estimate of drug-likeness (QED) is 0.408. The van der Waals surface area contributed by atoms with Crippen molar-refractivity contribution in [1.29, 1.82) is 0 Å². The Hall–Kier alpha value is -2.79. The molecule has 2 aromatic carbocycles. The van der Waals surface area contributed by atoms with Crippen molar-refractivity contribution < 1.29 is 4.39 Å². The van der Waals surface area contributed by atoms with Crippen LogP contribution in [0.2, 0.25) is 5.02 Å². The molecule has 0 radical (unpaired) electrons. The number of rotatable bonds is 3. The van der Waals surface area contributed by atoms with Gasteiger partial charge in [-0.05, 0) is 85.5 Å². The Kier molecular flexibility index (Phi) is 5.22. The van der Waals surface area contributed by atoms with E-state index in [4.69, 9.17) is 16.6 Å². The molecule has 2 heterocycles. The highest BCUT2D eigenvalue weighted by atomic mass is 35.5. The Balaban J connectivity index is 1.36. The Bertz CT molecular complexity index is 1330. The van der Waals surface area contributed by atoms with Gasteiger partial charge in [0.25, 0.3) is 5.56 Å². The lowest BCUT2D eigenvalue weighted by Gasteiger charge is -2.32. The summed E-state index contributed by atoms with van der Waals surface area (Å²) in [6.07, 6.45) is 5.94. The number of benzene rings is 2. The molecule has 1 saturated carbocycles. The van der Waals surface area contributed by atoms with Crippen molar-refractivity contribution in [2.75, 3.05) is 0 Å². The van der Waals surface area contributed by atoms with Gasteiger partial charge in [-0.15, -0.1) is 0 Å². The van der Waals surface area contributed by atoms with Crippen LogP contribution in [0.3, 0.4) is 0 Å². The van der Waals surface area contributed by atoms with E-state index in [2.05, 4.69) is 16.9 Å². The summed E-state index contributed by atoms with van der Waals surface area (Å²) in [6.45, 7) is 2.14. The standard InChI is InChI=1S/C25H23ClFN3O/c1-14(24-29-23-8-6-17(26)12-21(23)25(31)30-24)15-2-4-16(5-3-15)19-10-11-28-22-9-7-18(27)13-20(19)22/h6-16H,2-5H2,1H3,(H,29,30,31)/t14-,15-,16+/m1/s1. The number of H-pyrrole nitrogens is 1. The molecule has 0 spiro atoms. The summed E-state index contributed by atoms with van der Waals surface area (Å²) in [5.74, 6) is 1.49. The molecule has 158 valence electrons. The Morgan fingerprint density at radius 2 is 1.81 bits per heavy atom. The summed E-state index contributed by atoms with van der Waals surface area (Å²) in [5.41, 5.74) is 2.56. The second-order valence-corrected chi connectivity index (χ2v) is 9.01. The lowest BCUT2D eigenvalue weighted by molar-refractivity contribution is 0.285. The summed E-state index contributed by atoms with van der Waals surface area (Å²) >= 11 is 6.02. The Morgan fingerprint density at radius 3 is 2.61 bits per heavy atom. The lowest BCUT2D eigenvalue weighted by atomic mass is 9.73. The monoisotopic (exact) mass is 435 g/mol. The predicted octanol–water partition coefficient (Wildman–Crippen LogP) is 6.34. The molecule has 4 aromatic rings. The summed E-state index contributed by atoms with van der Waals surface area (Å²) in [4.78, 5) is 24.6. The summed E-state index contributed by atoms with van der Waals surface area (Å²) in [7, 11) is 0. The molecule has 6 heteroatoms. The molecule has 0 saturated heterocycles. The molecular weight excluding hydrogens is 413 g/mol. The van der Waals surface area contributed by atoms with Crippen LogP contribution < -0.4 is 5.56 Å². The van der Waals surface area contributed by atoms with Crippen LogP contribution in [0.25, 0.3) is 21.8 Å². The van der Waals surface area contributed by atoms with Crippen LogP contribution in [0.15, 0.2) is 53.5 Å². The number of hydrogen-bond donors (Lipinski definition) is 1. The number of aromatic amines is 1. The second kappa shape index (κ2) is 8.04. The maximum absolute atomic E-state index is 13.8. The number of fused-ring (bicyclic) bond motifs is 2. The number of hydrogen-bond acceptors (Lipinski definition) is 3. The van der Waals surface area contributed by atoms with Crippen molar-refractivity contribution in [2.45, 2.75) is 44.4 Å². The third kappa shape index (κ3) is 3.83. The normalized spacial score (nSPS) is 20.2. The van der Waals surface area contributed by atoms with Crippen molar-refractivity contribution in [3.63, 3.8) is 0 Å². The average Bonchev–Trinajstić information content (AvgIpc) is 2.78. The molecule has 31 heavy (non-hydrogen) atoms. The van der Waals surface area contributed by atoms with Gasteiger partial charge in [0.2, 0.25) is 0 Å². The van der Waals surface area contributed by atoms with Gasteiger partial charge < -0.3 is 4.98 Å². The predicted molar refractivity (Wildman–Crippen MR) is 122 cm³/mol. The zero-order chi connectivity index (χ0) is 21.5. The van der Waals surface area contributed by atoms with Gasteiger partial charge in [0.15, 0.2) is 0 Å². The number of pyridine rings is 1. The fourth-order valence-corrected chi connectivity index (χ4v) is 5.17. The van der Waals surface area contributed by atoms with Crippen LogP contribution >= 0.6 is 11.6 Å². The minimum atomic E-state index is -0.225. The third-order valence-electron chi connectivity index (χ3n) is 6.77. The number of aromatic nitrogens is 3. The van der Waals surface area contributed by atoms with Crippen LogP contribution in [0, 0.1) is 11.7 Å². The Morgan fingerprint density at radius 1 is 1.03 bits per heavy atom. The van der Waals surface area contributed by atoms with E-state index in [1.165, 1.54) is 11.6 Å². The maximum Gasteiger partial charge on any atom is 0.258 e. The SMILES string of the molecule is C[C@@H](c1nc2ccc(Cl)cc2c(=O)[nH]1)[C@H]1CC[C@@H](c2ccnc3ccc(F)cc32)CC1. The molecule has 1 aliphatic rings. The molecule has 1 aliphatic carbocycles. The smallest absolute Gasteiger partial charge is 0.258 e.